The van der Waals surface area contributed by atoms with E-state index in [2.05, 4.69) is 17.4 Å². The number of benzene rings is 1. The Bertz CT molecular complexity index is 381. The molecule has 1 aromatic carbocycles. The number of aliphatic hydroxyl groups is 1. The fourth-order valence-corrected chi connectivity index (χ4v) is 1.98. The van der Waals surface area contributed by atoms with Crippen molar-refractivity contribution in [1.29, 1.82) is 0 Å². The molecule has 0 radical (unpaired) electrons. The Hall–Kier alpha value is -1.35. The molecule has 0 saturated carbocycles. The number of hydrogen-bond donors (Lipinski definition) is 2. The summed E-state index contributed by atoms with van der Waals surface area (Å²) in [7, 11) is 0. The van der Waals surface area contributed by atoms with Crippen LogP contribution >= 0.6 is 0 Å². The van der Waals surface area contributed by atoms with E-state index in [9.17, 15) is 4.79 Å². The lowest BCUT2D eigenvalue weighted by atomic mass is 9.92. The molecule has 1 rings (SSSR count). The van der Waals surface area contributed by atoms with Crippen LogP contribution in [0.1, 0.15) is 45.1 Å². The van der Waals surface area contributed by atoms with Crippen LogP contribution in [0.5, 0.6) is 0 Å². The van der Waals surface area contributed by atoms with E-state index in [1.165, 1.54) is 5.56 Å². The Morgan fingerprint density at radius 1 is 1.21 bits per heavy atom. The van der Waals surface area contributed by atoms with Gasteiger partial charge in [-0.1, -0.05) is 51.1 Å². The van der Waals surface area contributed by atoms with Crippen LogP contribution in [-0.4, -0.2) is 24.2 Å². The highest BCUT2D eigenvalue weighted by molar-refractivity contribution is 5.81. The molecule has 0 heterocycles. The smallest absolute Gasteiger partial charge is 0.225 e. The standard InChI is InChI=1S/C16H25NO2/c1-16(2,3)15(19)17-11-9-14(10-12-18)13-7-5-4-6-8-13/h4-8,14,18H,9-12H2,1-3H3,(H,17,19). The zero-order chi connectivity index (χ0) is 14.3. The topological polar surface area (TPSA) is 49.3 Å². The summed E-state index contributed by atoms with van der Waals surface area (Å²) in [6.07, 6.45) is 1.59. The van der Waals surface area contributed by atoms with Crippen molar-refractivity contribution in [2.75, 3.05) is 13.2 Å². The molecule has 1 unspecified atom stereocenters. The summed E-state index contributed by atoms with van der Waals surface area (Å²) in [6, 6.07) is 10.2. The van der Waals surface area contributed by atoms with Crippen LogP contribution in [0, 0.1) is 5.41 Å². The zero-order valence-corrected chi connectivity index (χ0v) is 12.1. The van der Waals surface area contributed by atoms with Crippen LogP contribution in [0.4, 0.5) is 0 Å². The molecule has 1 aromatic rings. The van der Waals surface area contributed by atoms with Crippen molar-refractivity contribution in [3.05, 3.63) is 35.9 Å². The Balaban J connectivity index is 2.50. The van der Waals surface area contributed by atoms with Crippen LogP contribution in [0.3, 0.4) is 0 Å². The maximum absolute atomic E-state index is 11.8. The second-order valence-corrected chi connectivity index (χ2v) is 5.91. The minimum atomic E-state index is -0.348. The lowest BCUT2D eigenvalue weighted by molar-refractivity contribution is -0.128. The summed E-state index contributed by atoms with van der Waals surface area (Å²) in [6.45, 7) is 6.54. The van der Waals surface area contributed by atoms with Gasteiger partial charge in [-0.05, 0) is 24.3 Å². The molecule has 0 aromatic heterocycles. The zero-order valence-electron chi connectivity index (χ0n) is 12.1. The summed E-state index contributed by atoms with van der Waals surface area (Å²) in [5.74, 6) is 0.370. The van der Waals surface area contributed by atoms with Gasteiger partial charge in [0.1, 0.15) is 0 Å². The normalized spacial score (nSPS) is 13.1. The third kappa shape index (κ3) is 5.43. The molecular formula is C16H25NO2. The van der Waals surface area contributed by atoms with Gasteiger partial charge in [-0.2, -0.15) is 0 Å². The SMILES string of the molecule is CC(C)(C)C(=O)NCCC(CCO)c1ccccc1. The Morgan fingerprint density at radius 2 is 1.84 bits per heavy atom. The average Bonchev–Trinajstić information content (AvgIpc) is 2.37. The molecule has 0 spiro atoms. The first-order chi connectivity index (χ1) is 8.95. The number of hydrogen-bond acceptors (Lipinski definition) is 2. The first-order valence-corrected chi connectivity index (χ1v) is 6.89. The molecule has 0 saturated heterocycles. The third-order valence-electron chi connectivity index (χ3n) is 3.21. The van der Waals surface area contributed by atoms with E-state index in [0.29, 0.717) is 12.5 Å². The van der Waals surface area contributed by atoms with Crippen LogP contribution in [0.25, 0.3) is 0 Å². The quantitative estimate of drug-likeness (QED) is 0.829. The minimum Gasteiger partial charge on any atom is -0.396 e. The summed E-state index contributed by atoms with van der Waals surface area (Å²) in [5.41, 5.74) is 0.876. The fraction of sp³-hybridized carbons (Fsp3) is 0.562. The maximum atomic E-state index is 11.8. The number of rotatable bonds is 6. The molecule has 0 aliphatic carbocycles. The highest BCUT2D eigenvalue weighted by Gasteiger charge is 2.21. The molecule has 3 nitrogen and oxygen atoms in total. The van der Waals surface area contributed by atoms with E-state index in [4.69, 9.17) is 5.11 Å². The number of nitrogens with one attached hydrogen (secondary N) is 1. The van der Waals surface area contributed by atoms with Gasteiger partial charge in [0.2, 0.25) is 5.91 Å². The molecule has 3 heteroatoms. The van der Waals surface area contributed by atoms with Gasteiger partial charge in [0.15, 0.2) is 0 Å². The number of amides is 1. The Morgan fingerprint density at radius 3 is 2.37 bits per heavy atom. The number of carbonyl (C=O) groups is 1. The summed E-state index contributed by atoms with van der Waals surface area (Å²) in [5, 5.41) is 12.1. The lowest BCUT2D eigenvalue weighted by Gasteiger charge is -2.20. The van der Waals surface area contributed by atoms with Crippen molar-refractivity contribution in [2.45, 2.75) is 39.5 Å². The van der Waals surface area contributed by atoms with Crippen LogP contribution in [0.15, 0.2) is 30.3 Å². The highest BCUT2D eigenvalue weighted by Crippen LogP contribution is 2.22. The number of aliphatic hydroxyl groups excluding tert-OH is 1. The van der Waals surface area contributed by atoms with E-state index in [1.54, 1.807) is 0 Å². The van der Waals surface area contributed by atoms with Gasteiger partial charge in [-0.3, -0.25) is 4.79 Å². The average molecular weight is 263 g/mol. The molecular weight excluding hydrogens is 238 g/mol. The molecule has 0 aliphatic heterocycles. The van der Waals surface area contributed by atoms with Crippen molar-refractivity contribution in [3.63, 3.8) is 0 Å². The van der Waals surface area contributed by atoms with Crippen molar-refractivity contribution in [3.8, 4) is 0 Å². The molecule has 0 fully saturated rings. The summed E-state index contributed by atoms with van der Waals surface area (Å²) < 4.78 is 0. The van der Waals surface area contributed by atoms with E-state index < -0.39 is 0 Å². The fourth-order valence-electron chi connectivity index (χ4n) is 1.98. The van der Waals surface area contributed by atoms with Crippen LogP contribution < -0.4 is 5.32 Å². The van der Waals surface area contributed by atoms with E-state index >= 15 is 0 Å². The first-order valence-electron chi connectivity index (χ1n) is 6.89. The van der Waals surface area contributed by atoms with Crippen molar-refractivity contribution < 1.29 is 9.90 Å². The summed E-state index contributed by atoms with van der Waals surface area (Å²) in [4.78, 5) is 11.8. The van der Waals surface area contributed by atoms with E-state index in [0.717, 1.165) is 12.8 Å². The summed E-state index contributed by atoms with van der Waals surface area (Å²) >= 11 is 0. The van der Waals surface area contributed by atoms with Gasteiger partial charge in [0.25, 0.3) is 0 Å². The van der Waals surface area contributed by atoms with Crippen molar-refractivity contribution in [2.24, 2.45) is 5.41 Å². The largest absolute Gasteiger partial charge is 0.396 e. The van der Waals surface area contributed by atoms with E-state index in [1.807, 2.05) is 39.0 Å². The van der Waals surface area contributed by atoms with Gasteiger partial charge < -0.3 is 10.4 Å². The van der Waals surface area contributed by atoms with Gasteiger partial charge in [-0.15, -0.1) is 0 Å². The molecule has 2 N–H and O–H groups in total. The van der Waals surface area contributed by atoms with Gasteiger partial charge in [0, 0.05) is 18.6 Å². The highest BCUT2D eigenvalue weighted by atomic mass is 16.3. The molecule has 106 valence electrons. The van der Waals surface area contributed by atoms with Crippen molar-refractivity contribution >= 4 is 5.91 Å². The van der Waals surface area contributed by atoms with Gasteiger partial charge in [0.05, 0.1) is 0 Å². The first kappa shape index (κ1) is 15.7. The second kappa shape index (κ2) is 7.29. The van der Waals surface area contributed by atoms with Gasteiger partial charge in [-0.25, -0.2) is 0 Å². The molecule has 1 atom stereocenters. The predicted molar refractivity (Wildman–Crippen MR) is 78.0 cm³/mol. The maximum Gasteiger partial charge on any atom is 0.225 e. The minimum absolute atomic E-state index is 0.0725. The molecule has 19 heavy (non-hydrogen) atoms. The Kier molecular flexibility index (Phi) is 6.03. The van der Waals surface area contributed by atoms with Crippen LogP contribution in [-0.2, 0) is 4.79 Å². The second-order valence-electron chi connectivity index (χ2n) is 5.91. The molecule has 0 aliphatic rings. The van der Waals surface area contributed by atoms with E-state index in [-0.39, 0.29) is 17.9 Å². The van der Waals surface area contributed by atoms with Crippen LogP contribution in [0.2, 0.25) is 0 Å². The van der Waals surface area contributed by atoms with Crippen molar-refractivity contribution in [1.82, 2.24) is 5.32 Å². The van der Waals surface area contributed by atoms with Gasteiger partial charge >= 0.3 is 0 Å². The molecule has 1 amide bonds. The number of carbonyl (C=O) groups excluding carboxylic acids is 1. The third-order valence-corrected chi connectivity index (χ3v) is 3.21. The molecule has 0 bridgehead atoms. The monoisotopic (exact) mass is 263 g/mol. The predicted octanol–water partition coefficient (Wildman–Crippen LogP) is 2.71. The Labute approximate surface area is 116 Å². The lowest BCUT2D eigenvalue weighted by Crippen LogP contribution is -2.35.